The van der Waals surface area contributed by atoms with Crippen molar-refractivity contribution in [2.45, 2.75) is 16.2 Å². The number of nitrogens with zero attached hydrogens (tertiary/aromatic N) is 3. The van der Waals surface area contributed by atoms with E-state index in [4.69, 9.17) is 0 Å². The summed E-state index contributed by atoms with van der Waals surface area (Å²) in [6, 6.07) is 146. The lowest BCUT2D eigenvalue weighted by atomic mass is 9.32. The van der Waals surface area contributed by atoms with Crippen molar-refractivity contribution in [3.05, 3.63) is 443 Å². The Morgan fingerprint density at radius 2 is 0.560 bits per heavy atom. The lowest BCUT2D eigenvalue weighted by molar-refractivity contribution is 0.793. The zero-order valence-electron chi connectivity index (χ0n) is 59.2. The van der Waals surface area contributed by atoms with Gasteiger partial charge in [-0.2, -0.15) is 0 Å². The fourth-order valence-corrected chi connectivity index (χ4v) is 22.8. The number of rotatable bonds is 4. The largest absolute Gasteiger partial charge is 0.311 e. The molecule has 8 aliphatic rings. The molecular formula is C105H62BN3. The van der Waals surface area contributed by atoms with Crippen LogP contribution in [0.25, 0.3) is 105 Å². The second-order valence-corrected chi connectivity index (χ2v) is 31.1. The van der Waals surface area contributed by atoms with Gasteiger partial charge in [0, 0.05) is 44.9 Å². The lowest BCUT2D eigenvalue weighted by Gasteiger charge is -2.46. The first kappa shape index (κ1) is 58.5. The maximum atomic E-state index is 2.74. The molecule has 0 bridgehead atoms. The molecule has 18 aromatic rings. The number of hydrogen-bond acceptors (Lipinski definition) is 2. The van der Waals surface area contributed by atoms with Crippen LogP contribution in [0.3, 0.4) is 0 Å². The summed E-state index contributed by atoms with van der Waals surface area (Å²) in [5, 5.41) is 2.44. The first-order valence-corrected chi connectivity index (χ1v) is 38.4. The molecule has 17 aromatic carbocycles. The second-order valence-electron chi connectivity index (χ2n) is 31.1. The Kier molecular flexibility index (Phi) is 11.2. The van der Waals surface area contributed by atoms with Crippen LogP contribution in [0, 0.1) is 0 Å². The van der Waals surface area contributed by atoms with Gasteiger partial charge in [0.1, 0.15) is 0 Å². The molecule has 0 amide bonds. The first-order chi connectivity index (χ1) is 54.1. The predicted molar refractivity (Wildman–Crippen MR) is 449 cm³/mol. The monoisotopic (exact) mass is 1380 g/mol. The highest BCUT2D eigenvalue weighted by Gasteiger charge is 2.59. The van der Waals surface area contributed by atoms with Gasteiger partial charge >= 0.3 is 0 Å². The van der Waals surface area contributed by atoms with Crippen molar-refractivity contribution in [1.82, 2.24) is 4.57 Å². The van der Waals surface area contributed by atoms with Crippen molar-refractivity contribution in [2.75, 3.05) is 9.80 Å². The van der Waals surface area contributed by atoms with Crippen molar-refractivity contribution in [3.63, 3.8) is 0 Å². The van der Waals surface area contributed by atoms with E-state index in [0.717, 1.165) is 45.2 Å². The molecule has 26 rings (SSSR count). The van der Waals surface area contributed by atoms with Crippen LogP contribution >= 0.6 is 0 Å². The molecule has 500 valence electrons. The standard InChI is InChI=1S/C105H62BN3/c1-2-26-63(27-3-1)64-50-56-96-93(58-64)106-101-98(107(96)66-51-53-77-74-34-8-19-43-86(74)104(92(77)60-66)84-41-17-6-30-70(84)71-31-7-18-42-85(71)104)61-67(109-94-48-24-13-37-78(94)79-38-14-25-49-95(79)109)62-99(101)108(65-52-55-91-81(59-65)76-36-12-20-44-87(76)103(91)82-39-15-4-28-68(82)69-29-5-16-40-83(69)103)97-57-54-80-75-35-11-23-47-90(75)105(100(80)102(97)106)88-45-21-9-32-72(88)73-33-10-22-46-89(73)105/h1-62H. The van der Waals surface area contributed by atoms with Crippen LogP contribution in [-0.4, -0.2) is 11.3 Å². The summed E-state index contributed by atoms with van der Waals surface area (Å²) < 4.78 is 2.56. The summed E-state index contributed by atoms with van der Waals surface area (Å²) in [7, 11) is 0. The molecule has 6 aliphatic carbocycles. The number of para-hydroxylation sites is 2. The highest BCUT2D eigenvalue weighted by molar-refractivity contribution is 7.01. The predicted octanol–water partition coefficient (Wildman–Crippen LogP) is 23.6. The van der Waals surface area contributed by atoms with E-state index < -0.39 is 16.2 Å². The Bertz CT molecular complexity index is 6950. The zero-order chi connectivity index (χ0) is 70.7. The van der Waals surface area contributed by atoms with Gasteiger partial charge in [-0.15, -0.1) is 0 Å². The first-order valence-electron chi connectivity index (χ1n) is 38.4. The molecule has 0 radical (unpaired) electrons. The molecule has 109 heavy (non-hydrogen) atoms. The number of anilines is 6. The topological polar surface area (TPSA) is 11.4 Å². The minimum absolute atomic E-state index is 0.303. The normalized spacial score (nSPS) is 15.0. The number of aromatic nitrogens is 1. The van der Waals surface area contributed by atoms with Gasteiger partial charge in [0.15, 0.2) is 0 Å². The average molecular weight is 1380 g/mol. The molecule has 3 heterocycles. The van der Waals surface area contributed by atoms with Crippen LogP contribution in [0.1, 0.15) is 66.8 Å². The molecule has 0 atom stereocenters. The van der Waals surface area contributed by atoms with E-state index in [0.29, 0.717) is 0 Å². The van der Waals surface area contributed by atoms with Gasteiger partial charge in [-0.1, -0.05) is 315 Å². The third-order valence-electron chi connectivity index (χ3n) is 26.6. The highest BCUT2D eigenvalue weighted by atomic mass is 15.2. The van der Waals surface area contributed by atoms with Gasteiger partial charge in [0.05, 0.1) is 33.0 Å². The van der Waals surface area contributed by atoms with Crippen LogP contribution < -0.4 is 26.2 Å². The van der Waals surface area contributed by atoms with E-state index >= 15 is 0 Å². The molecular weight excluding hydrogens is 1310 g/mol. The molecule has 0 unspecified atom stereocenters. The number of hydrogen-bond donors (Lipinski definition) is 0. The van der Waals surface area contributed by atoms with Crippen molar-refractivity contribution in [3.8, 4) is 83.6 Å². The number of fused-ring (bicyclic) bond motifs is 38. The maximum absolute atomic E-state index is 2.74. The Labute approximate surface area is 631 Å². The van der Waals surface area contributed by atoms with Gasteiger partial charge in [0.2, 0.25) is 0 Å². The molecule has 3 nitrogen and oxygen atoms in total. The van der Waals surface area contributed by atoms with Gasteiger partial charge in [0.25, 0.3) is 6.71 Å². The molecule has 0 saturated carbocycles. The van der Waals surface area contributed by atoms with Crippen LogP contribution in [0.2, 0.25) is 0 Å². The van der Waals surface area contributed by atoms with Gasteiger partial charge in [-0.25, -0.2) is 0 Å². The SMILES string of the molecule is c1ccc(-c2ccc3c(c2)B2c4c(cc(-n5c6ccccc6c6ccccc65)cc4N(c4ccc5c(c4)-c4ccccc4C54c5ccccc5-c5ccccc54)c4ccc5c(c42)C2(c4ccccc4-c4ccccc42)c2ccccc2-5)N3c2ccc3c(c2)C2(c4ccccc4-c4ccccc42)c2ccccc2-3)cc1. The Morgan fingerprint density at radius 3 is 1.06 bits per heavy atom. The fraction of sp³-hybridized carbons (Fsp3) is 0.0286. The molecule has 0 fully saturated rings. The third-order valence-corrected chi connectivity index (χ3v) is 26.6. The molecule has 0 N–H and O–H groups in total. The van der Waals surface area contributed by atoms with Gasteiger partial charge in [-0.3, -0.25) is 0 Å². The van der Waals surface area contributed by atoms with E-state index in [9.17, 15) is 0 Å². The molecule has 4 heteroatoms. The van der Waals surface area contributed by atoms with Crippen LogP contribution in [0.4, 0.5) is 34.1 Å². The van der Waals surface area contributed by atoms with Crippen LogP contribution in [0.15, 0.2) is 376 Å². The van der Waals surface area contributed by atoms with Crippen molar-refractivity contribution in [1.29, 1.82) is 0 Å². The van der Waals surface area contributed by atoms with E-state index in [2.05, 4.69) is 390 Å². The summed E-state index contributed by atoms with van der Waals surface area (Å²) >= 11 is 0. The summed E-state index contributed by atoms with van der Waals surface area (Å²) in [6.45, 7) is -0.303. The Balaban J connectivity index is 0.830. The van der Waals surface area contributed by atoms with E-state index in [1.165, 1.54) is 177 Å². The minimum atomic E-state index is -0.700. The van der Waals surface area contributed by atoms with Crippen molar-refractivity contribution >= 4 is 79.0 Å². The Hall–Kier alpha value is -13.8. The van der Waals surface area contributed by atoms with Gasteiger partial charge in [-0.05, 0) is 222 Å². The van der Waals surface area contributed by atoms with E-state index in [1.54, 1.807) is 0 Å². The van der Waals surface area contributed by atoms with Gasteiger partial charge < -0.3 is 14.4 Å². The molecule has 1 aromatic heterocycles. The summed E-state index contributed by atoms with van der Waals surface area (Å²) in [4.78, 5) is 5.44. The van der Waals surface area contributed by atoms with Crippen LogP contribution in [-0.2, 0) is 16.2 Å². The maximum Gasteiger partial charge on any atom is 0.252 e. The van der Waals surface area contributed by atoms with Crippen molar-refractivity contribution in [2.24, 2.45) is 0 Å². The zero-order valence-corrected chi connectivity index (χ0v) is 59.2. The minimum Gasteiger partial charge on any atom is -0.311 e. The summed E-state index contributed by atoms with van der Waals surface area (Å²) in [6.07, 6.45) is 0. The van der Waals surface area contributed by atoms with E-state index in [-0.39, 0.29) is 6.71 Å². The second kappa shape index (κ2) is 20.8. The van der Waals surface area contributed by atoms with E-state index in [1.807, 2.05) is 0 Å². The number of benzene rings is 17. The molecule has 0 saturated heterocycles. The lowest BCUT2D eigenvalue weighted by Crippen LogP contribution is -2.63. The smallest absolute Gasteiger partial charge is 0.252 e. The molecule has 3 spiro atoms. The Morgan fingerprint density at radius 1 is 0.202 bits per heavy atom. The van der Waals surface area contributed by atoms with Crippen molar-refractivity contribution < 1.29 is 0 Å². The fourth-order valence-electron chi connectivity index (χ4n) is 22.8. The summed E-state index contributed by atoms with van der Waals surface area (Å²) in [5.74, 6) is 0. The van der Waals surface area contributed by atoms with Crippen LogP contribution in [0.5, 0.6) is 0 Å². The highest BCUT2D eigenvalue weighted by Crippen LogP contribution is 2.68. The quantitative estimate of drug-likeness (QED) is 0.163. The summed E-state index contributed by atoms with van der Waals surface area (Å²) in [5.41, 5.74) is 45.9. The average Bonchev–Trinajstić information content (AvgIpc) is 1.52. The third kappa shape index (κ3) is 6.96. The molecule has 2 aliphatic heterocycles.